The van der Waals surface area contributed by atoms with E-state index in [0.717, 1.165) is 31.9 Å². The minimum atomic E-state index is 0.598. The highest BCUT2D eigenvalue weighted by molar-refractivity contribution is 6.36. The molecule has 1 aromatic carbocycles. The van der Waals surface area contributed by atoms with E-state index in [1.165, 1.54) is 0 Å². The van der Waals surface area contributed by atoms with Crippen LogP contribution < -0.4 is 15.0 Å². The molecule has 0 spiro atoms. The SMILES string of the molecule is COc1cc(Cl)c(N2CCNCC2)cc1Cl. The molecule has 0 amide bonds. The summed E-state index contributed by atoms with van der Waals surface area (Å²) in [5.74, 6) is 0.616. The Kier molecular flexibility index (Phi) is 3.79. The van der Waals surface area contributed by atoms with Crippen LogP contribution in [-0.4, -0.2) is 33.3 Å². The van der Waals surface area contributed by atoms with Crippen LogP contribution in [0.1, 0.15) is 0 Å². The monoisotopic (exact) mass is 260 g/mol. The summed E-state index contributed by atoms with van der Waals surface area (Å²) in [7, 11) is 1.59. The summed E-state index contributed by atoms with van der Waals surface area (Å²) in [6, 6.07) is 3.63. The second kappa shape index (κ2) is 5.13. The number of piperazine rings is 1. The Balaban J connectivity index is 2.29. The summed E-state index contributed by atoms with van der Waals surface area (Å²) >= 11 is 12.3. The third kappa shape index (κ3) is 2.37. The molecule has 16 heavy (non-hydrogen) atoms. The van der Waals surface area contributed by atoms with Crippen molar-refractivity contribution in [2.24, 2.45) is 0 Å². The van der Waals surface area contributed by atoms with Gasteiger partial charge >= 0.3 is 0 Å². The van der Waals surface area contributed by atoms with E-state index in [1.807, 2.05) is 6.07 Å². The van der Waals surface area contributed by atoms with Crippen LogP contribution in [0, 0.1) is 0 Å². The number of hydrogen-bond donors (Lipinski definition) is 1. The lowest BCUT2D eigenvalue weighted by Crippen LogP contribution is -2.43. The number of nitrogens with zero attached hydrogens (tertiary/aromatic N) is 1. The van der Waals surface area contributed by atoms with Crippen LogP contribution in [-0.2, 0) is 0 Å². The van der Waals surface area contributed by atoms with Crippen molar-refractivity contribution in [2.45, 2.75) is 0 Å². The van der Waals surface area contributed by atoms with Gasteiger partial charge in [0.25, 0.3) is 0 Å². The van der Waals surface area contributed by atoms with E-state index >= 15 is 0 Å². The topological polar surface area (TPSA) is 24.5 Å². The Bertz CT molecular complexity index is 378. The molecule has 0 bridgehead atoms. The number of halogens is 2. The standard InChI is InChI=1S/C11H14Cl2N2O/c1-16-11-7-8(12)10(6-9(11)13)15-4-2-14-3-5-15/h6-7,14H,2-5H2,1H3. The molecule has 0 aromatic heterocycles. The Morgan fingerprint density at radius 2 is 1.88 bits per heavy atom. The summed E-state index contributed by atoms with van der Waals surface area (Å²) in [5.41, 5.74) is 0.981. The molecule has 3 nitrogen and oxygen atoms in total. The van der Waals surface area contributed by atoms with Gasteiger partial charge in [-0.15, -0.1) is 0 Å². The lowest BCUT2D eigenvalue weighted by molar-refractivity contribution is 0.415. The minimum absolute atomic E-state index is 0.598. The lowest BCUT2D eigenvalue weighted by Gasteiger charge is -2.30. The van der Waals surface area contributed by atoms with Crippen LogP contribution in [0.15, 0.2) is 12.1 Å². The molecule has 1 aromatic rings. The van der Waals surface area contributed by atoms with Crippen molar-refractivity contribution in [2.75, 3.05) is 38.2 Å². The van der Waals surface area contributed by atoms with Gasteiger partial charge in [0, 0.05) is 32.2 Å². The van der Waals surface area contributed by atoms with Crippen LogP contribution in [0.3, 0.4) is 0 Å². The average molecular weight is 261 g/mol. The maximum Gasteiger partial charge on any atom is 0.139 e. The molecule has 0 aliphatic carbocycles. The molecule has 88 valence electrons. The zero-order chi connectivity index (χ0) is 11.5. The Hall–Kier alpha value is -0.640. The number of anilines is 1. The lowest BCUT2D eigenvalue weighted by atomic mass is 10.2. The Morgan fingerprint density at radius 1 is 1.19 bits per heavy atom. The van der Waals surface area contributed by atoms with Crippen LogP contribution in [0.25, 0.3) is 0 Å². The van der Waals surface area contributed by atoms with E-state index in [1.54, 1.807) is 13.2 Å². The van der Waals surface area contributed by atoms with Crippen molar-refractivity contribution in [3.63, 3.8) is 0 Å². The first-order chi connectivity index (χ1) is 7.72. The third-order valence-corrected chi connectivity index (χ3v) is 3.28. The van der Waals surface area contributed by atoms with Gasteiger partial charge in [-0.3, -0.25) is 0 Å². The molecule has 1 N–H and O–H groups in total. The van der Waals surface area contributed by atoms with Crippen molar-refractivity contribution in [1.29, 1.82) is 0 Å². The number of rotatable bonds is 2. The fourth-order valence-corrected chi connectivity index (χ4v) is 2.33. The molecule has 1 aliphatic heterocycles. The van der Waals surface area contributed by atoms with E-state index < -0.39 is 0 Å². The van der Waals surface area contributed by atoms with Gasteiger partial charge in [-0.2, -0.15) is 0 Å². The highest BCUT2D eigenvalue weighted by Gasteiger charge is 2.15. The molecule has 1 fully saturated rings. The number of ether oxygens (including phenoxy) is 1. The van der Waals surface area contributed by atoms with Crippen molar-refractivity contribution in [3.8, 4) is 5.75 Å². The first-order valence-corrected chi connectivity index (χ1v) is 5.96. The molecular weight excluding hydrogens is 247 g/mol. The zero-order valence-electron chi connectivity index (χ0n) is 9.09. The summed E-state index contributed by atoms with van der Waals surface area (Å²) in [6.07, 6.45) is 0. The molecule has 0 unspecified atom stereocenters. The van der Waals surface area contributed by atoms with E-state index in [4.69, 9.17) is 27.9 Å². The Morgan fingerprint density at radius 3 is 2.50 bits per heavy atom. The molecule has 0 radical (unpaired) electrons. The predicted molar refractivity (Wildman–Crippen MR) is 68.1 cm³/mol. The predicted octanol–water partition coefficient (Wildman–Crippen LogP) is 2.41. The van der Waals surface area contributed by atoms with Crippen LogP contribution >= 0.6 is 23.2 Å². The quantitative estimate of drug-likeness (QED) is 0.884. The van der Waals surface area contributed by atoms with Gasteiger partial charge in [-0.25, -0.2) is 0 Å². The fourth-order valence-electron chi connectivity index (χ4n) is 1.82. The largest absolute Gasteiger partial charge is 0.495 e. The van der Waals surface area contributed by atoms with Gasteiger partial charge < -0.3 is 15.0 Å². The van der Waals surface area contributed by atoms with Crippen molar-refractivity contribution >= 4 is 28.9 Å². The van der Waals surface area contributed by atoms with Crippen LogP contribution in [0.5, 0.6) is 5.75 Å². The molecule has 2 rings (SSSR count). The molecular formula is C11H14Cl2N2O. The molecule has 0 atom stereocenters. The van der Waals surface area contributed by atoms with Gasteiger partial charge in [0.2, 0.25) is 0 Å². The first-order valence-electron chi connectivity index (χ1n) is 5.21. The highest BCUT2D eigenvalue weighted by Crippen LogP contribution is 2.36. The maximum absolute atomic E-state index is 6.21. The van der Waals surface area contributed by atoms with Crippen molar-refractivity contribution in [1.82, 2.24) is 5.32 Å². The second-order valence-electron chi connectivity index (χ2n) is 3.68. The summed E-state index contributed by atoms with van der Waals surface area (Å²) in [5, 5.41) is 4.58. The number of nitrogens with one attached hydrogen (secondary N) is 1. The number of hydrogen-bond acceptors (Lipinski definition) is 3. The van der Waals surface area contributed by atoms with Crippen LogP contribution in [0.2, 0.25) is 10.0 Å². The number of methoxy groups -OCH3 is 1. The van der Waals surface area contributed by atoms with E-state index in [9.17, 15) is 0 Å². The van der Waals surface area contributed by atoms with E-state index in [2.05, 4.69) is 10.2 Å². The van der Waals surface area contributed by atoms with Gasteiger partial charge in [-0.1, -0.05) is 23.2 Å². The summed E-state index contributed by atoms with van der Waals surface area (Å²) in [4.78, 5) is 2.23. The highest BCUT2D eigenvalue weighted by atomic mass is 35.5. The average Bonchev–Trinajstić information content (AvgIpc) is 2.32. The van der Waals surface area contributed by atoms with Crippen molar-refractivity contribution in [3.05, 3.63) is 22.2 Å². The van der Waals surface area contributed by atoms with Gasteiger partial charge in [0.1, 0.15) is 5.75 Å². The zero-order valence-corrected chi connectivity index (χ0v) is 10.6. The van der Waals surface area contributed by atoms with Crippen LogP contribution in [0.4, 0.5) is 5.69 Å². The fraction of sp³-hybridized carbons (Fsp3) is 0.455. The molecule has 1 heterocycles. The molecule has 5 heteroatoms. The van der Waals surface area contributed by atoms with Gasteiger partial charge in [0.15, 0.2) is 0 Å². The second-order valence-corrected chi connectivity index (χ2v) is 4.49. The summed E-state index contributed by atoms with van der Waals surface area (Å²) < 4.78 is 5.12. The molecule has 1 aliphatic rings. The number of benzene rings is 1. The normalized spacial score (nSPS) is 16.3. The molecule has 0 saturated carbocycles. The van der Waals surface area contributed by atoms with Crippen molar-refractivity contribution < 1.29 is 4.74 Å². The first kappa shape index (κ1) is 11.8. The van der Waals surface area contributed by atoms with E-state index in [-0.39, 0.29) is 0 Å². The van der Waals surface area contributed by atoms with Gasteiger partial charge in [0.05, 0.1) is 22.8 Å². The smallest absolute Gasteiger partial charge is 0.139 e. The minimum Gasteiger partial charge on any atom is -0.495 e. The Labute approximate surface area is 105 Å². The molecule has 1 saturated heterocycles. The van der Waals surface area contributed by atoms with E-state index in [0.29, 0.717) is 15.8 Å². The maximum atomic E-state index is 6.21. The third-order valence-electron chi connectivity index (χ3n) is 2.68. The summed E-state index contributed by atoms with van der Waals surface area (Å²) in [6.45, 7) is 3.84. The van der Waals surface area contributed by atoms with Gasteiger partial charge in [-0.05, 0) is 6.07 Å².